The Morgan fingerprint density at radius 1 is 1.05 bits per heavy atom. The summed E-state index contributed by atoms with van der Waals surface area (Å²) in [6.45, 7) is 12.0. The fourth-order valence-electron chi connectivity index (χ4n) is 6.01. The van der Waals surface area contributed by atoms with E-state index in [1.807, 2.05) is 71.9 Å². The van der Waals surface area contributed by atoms with Crippen LogP contribution in [0.5, 0.6) is 5.75 Å². The second kappa shape index (κ2) is 10.4. The van der Waals surface area contributed by atoms with Crippen LogP contribution < -0.4 is 9.64 Å². The molecule has 0 bridgehead atoms. The summed E-state index contributed by atoms with van der Waals surface area (Å²) in [5.74, 6) is -1.43. The number of ether oxygens (including phenoxy) is 2. The molecule has 6 nitrogen and oxygen atoms in total. The highest BCUT2D eigenvalue weighted by molar-refractivity contribution is 6.09. The molecule has 5 rings (SSSR count). The van der Waals surface area contributed by atoms with Crippen molar-refractivity contribution < 1.29 is 28.6 Å². The predicted octanol–water partition coefficient (Wildman–Crippen LogP) is 6.89. The zero-order chi connectivity index (χ0) is 28.9. The molecule has 1 atom stereocenters. The summed E-state index contributed by atoms with van der Waals surface area (Å²) in [4.78, 5) is 28.2. The van der Waals surface area contributed by atoms with Crippen LogP contribution in [0, 0.1) is 26.6 Å². The number of carbonyl (C=O) groups is 2. The molecule has 0 radical (unpaired) electrons. The number of carboxylic acids is 1. The lowest BCUT2D eigenvalue weighted by Gasteiger charge is -2.30. The van der Waals surface area contributed by atoms with Gasteiger partial charge in [-0.05, 0) is 112 Å². The lowest BCUT2D eigenvalue weighted by atomic mass is 9.83. The Morgan fingerprint density at radius 2 is 1.77 bits per heavy atom. The highest BCUT2D eigenvalue weighted by Gasteiger charge is 2.37. The van der Waals surface area contributed by atoms with Gasteiger partial charge in [0.1, 0.15) is 0 Å². The number of benzene rings is 3. The molecule has 3 aromatic rings. The highest BCUT2D eigenvalue weighted by Crippen LogP contribution is 2.48. The van der Waals surface area contributed by atoms with Crippen LogP contribution in [0.4, 0.5) is 10.1 Å². The van der Waals surface area contributed by atoms with Gasteiger partial charge >= 0.3 is 5.97 Å². The summed E-state index contributed by atoms with van der Waals surface area (Å²) in [6, 6.07) is 10.8. The van der Waals surface area contributed by atoms with Crippen LogP contribution >= 0.6 is 0 Å². The molecule has 0 unspecified atom stereocenters. The number of hydrogen-bond donors (Lipinski definition) is 1. The van der Waals surface area contributed by atoms with Gasteiger partial charge in [0.15, 0.2) is 17.7 Å². The molecule has 1 N–H and O–H groups in total. The third kappa shape index (κ3) is 4.87. The van der Waals surface area contributed by atoms with Gasteiger partial charge in [-0.25, -0.2) is 9.18 Å². The van der Waals surface area contributed by atoms with E-state index in [4.69, 9.17) is 9.47 Å². The SMILES string of the molecule is Cc1ccccc1C(=O)N1CCc2c1cc(C)c([C@H](OC(C)(C)C)C(=O)O)c2-c1cc(F)c2c(c1C)CCCO2. The number of fused-ring (bicyclic) bond motifs is 2. The number of anilines is 1. The van der Waals surface area contributed by atoms with Crippen LogP contribution in [0.2, 0.25) is 0 Å². The van der Waals surface area contributed by atoms with E-state index in [-0.39, 0.29) is 11.7 Å². The van der Waals surface area contributed by atoms with Crippen LogP contribution in [0.3, 0.4) is 0 Å². The Morgan fingerprint density at radius 3 is 2.45 bits per heavy atom. The van der Waals surface area contributed by atoms with Crippen LogP contribution in [0.25, 0.3) is 11.1 Å². The van der Waals surface area contributed by atoms with Crippen molar-refractivity contribution in [1.82, 2.24) is 0 Å². The first kappa shape index (κ1) is 27.8. The van der Waals surface area contributed by atoms with E-state index in [9.17, 15) is 14.7 Å². The summed E-state index contributed by atoms with van der Waals surface area (Å²) in [6.07, 6.45) is 0.676. The second-order valence-corrected chi connectivity index (χ2v) is 11.7. The Hall–Kier alpha value is -3.71. The second-order valence-electron chi connectivity index (χ2n) is 11.7. The molecule has 2 heterocycles. The van der Waals surface area contributed by atoms with Gasteiger partial charge in [-0.15, -0.1) is 0 Å². The van der Waals surface area contributed by atoms with E-state index >= 15 is 4.39 Å². The van der Waals surface area contributed by atoms with Crippen LogP contribution in [-0.2, 0) is 22.4 Å². The number of amides is 1. The molecule has 1 amide bonds. The van der Waals surface area contributed by atoms with Crippen molar-refractivity contribution in [3.8, 4) is 16.9 Å². The van der Waals surface area contributed by atoms with Crippen LogP contribution in [0.15, 0.2) is 36.4 Å². The first-order chi connectivity index (χ1) is 18.9. The molecule has 7 heteroatoms. The van der Waals surface area contributed by atoms with Gasteiger partial charge in [0.25, 0.3) is 5.91 Å². The third-order valence-corrected chi connectivity index (χ3v) is 7.82. The molecule has 0 saturated heterocycles. The van der Waals surface area contributed by atoms with Gasteiger partial charge < -0.3 is 19.5 Å². The average molecular weight is 546 g/mol. The highest BCUT2D eigenvalue weighted by atomic mass is 19.1. The number of carboxylic acid groups (broad SMARTS) is 1. The molecule has 210 valence electrons. The number of rotatable bonds is 5. The maximum absolute atomic E-state index is 15.5. The zero-order valence-electron chi connectivity index (χ0n) is 24.0. The van der Waals surface area contributed by atoms with Gasteiger partial charge in [-0.3, -0.25) is 4.79 Å². The smallest absolute Gasteiger partial charge is 0.337 e. The average Bonchev–Trinajstić information content (AvgIpc) is 3.31. The summed E-state index contributed by atoms with van der Waals surface area (Å²) in [5, 5.41) is 10.4. The maximum atomic E-state index is 15.5. The molecule has 0 fully saturated rings. The molecular weight excluding hydrogens is 509 g/mol. The number of nitrogens with zero attached hydrogens (tertiary/aromatic N) is 1. The molecular formula is C33H36FNO5. The van der Waals surface area contributed by atoms with Crippen molar-refractivity contribution in [1.29, 1.82) is 0 Å². The number of halogens is 1. The monoisotopic (exact) mass is 545 g/mol. The van der Waals surface area contributed by atoms with Crippen molar-refractivity contribution in [2.24, 2.45) is 0 Å². The molecule has 3 aromatic carbocycles. The summed E-state index contributed by atoms with van der Waals surface area (Å²) < 4.78 is 27.4. The number of hydrogen-bond acceptors (Lipinski definition) is 4. The fourth-order valence-corrected chi connectivity index (χ4v) is 6.01. The van der Waals surface area contributed by atoms with Crippen molar-refractivity contribution in [2.75, 3.05) is 18.1 Å². The molecule has 40 heavy (non-hydrogen) atoms. The third-order valence-electron chi connectivity index (χ3n) is 7.82. The van der Waals surface area contributed by atoms with E-state index in [0.717, 1.165) is 34.4 Å². The Kier molecular flexibility index (Phi) is 7.21. The van der Waals surface area contributed by atoms with Gasteiger partial charge in [0.05, 0.1) is 12.2 Å². The van der Waals surface area contributed by atoms with Crippen molar-refractivity contribution in [3.63, 3.8) is 0 Å². The van der Waals surface area contributed by atoms with Crippen molar-refractivity contribution >= 4 is 17.6 Å². The standard InChI is InChI=1S/C33H36FNO5/c1-18-10-7-8-11-21(18)31(36)35-14-13-23-26(35)16-19(2)27(30(32(37)38)40-33(4,5)6)28(23)24-17-25(34)29-22(20(24)3)12-9-15-39-29/h7-8,10-11,16-17,30H,9,12-15H2,1-6H3,(H,37,38)/t30-/m0/s1. The first-order valence-corrected chi connectivity index (χ1v) is 13.8. The molecule has 0 spiro atoms. The number of aryl methyl sites for hydroxylation is 2. The number of carbonyl (C=O) groups excluding carboxylic acids is 1. The predicted molar refractivity (Wildman–Crippen MR) is 153 cm³/mol. The molecule has 2 aliphatic heterocycles. The lowest BCUT2D eigenvalue weighted by molar-refractivity contribution is -0.160. The van der Waals surface area contributed by atoms with Gasteiger partial charge in [0, 0.05) is 28.9 Å². The summed E-state index contributed by atoms with van der Waals surface area (Å²) >= 11 is 0. The van der Waals surface area contributed by atoms with E-state index in [2.05, 4.69) is 0 Å². The first-order valence-electron chi connectivity index (χ1n) is 13.8. The van der Waals surface area contributed by atoms with E-state index in [0.29, 0.717) is 53.8 Å². The topological polar surface area (TPSA) is 76.1 Å². The Balaban J connectivity index is 1.79. The molecule has 2 aliphatic rings. The maximum Gasteiger partial charge on any atom is 0.337 e. The van der Waals surface area contributed by atoms with E-state index < -0.39 is 23.5 Å². The minimum Gasteiger partial charge on any atom is -0.490 e. The van der Waals surface area contributed by atoms with Gasteiger partial charge in [-0.1, -0.05) is 18.2 Å². The summed E-state index contributed by atoms with van der Waals surface area (Å²) in [5.41, 5.74) is 6.37. The normalized spacial score (nSPS) is 15.3. The summed E-state index contributed by atoms with van der Waals surface area (Å²) in [7, 11) is 0. The van der Waals surface area contributed by atoms with Crippen LogP contribution in [0.1, 0.15) is 77.0 Å². The molecule has 0 aliphatic carbocycles. The molecule has 0 aromatic heterocycles. The van der Waals surface area contributed by atoms with Crippen molar-refractivity contribution in [2.45, 2.75) is 72.5 Å². The van der Waals surface area contributed by atoms with Gasteiger partial charge in [-0.2, -0.15) is 0 Å². The fraction of sp³-hybridized carbons (Fsp3) is 0.394. The Labute approximate surface area is 234 Å². The number of aliphatic carboxylic acids is 1. The van der Waals surface area contributed by atoms with Crippen LogP contribution in [-0.4, -0.2) is 35.7 Å². The minimum absolute atomic E-state index is 0.114. The minimum atomic E-state index is -1.28. The van der Waals surface area contributed by atoms with Gasteiger partial charge in [0.2, 0.25) is 0 Å². The van der Waals surface area contributed by atoms with Crippen molar-refractivity contribution in [3.05, 3.63) is 81.2 Å². The van der Waals surface area contributed by atoms with E-state index in [1.54, 1.807) is 4.90 Å². The quantitative estimate of drug-likeness (QED) is 0.378. The van der Waals surface area contributed by atoms with E-state index in [1.165, 1.54) is 6.07 Å². The largest absolute Gasteiger partial charge is 0.490 e. The zero-order valence-corrected chi connectivity index (χ0v) is 24.0. The molecule has 0 saturated carbocycles. The lowest BCUT2D eigenvalue weighted by Crippen LogP contribution is -2.30. The Bertz CT molecular complexity index is 1520.